The van der Waals surface area contributed by atoms with Gasteiger partial charge in [0.05, 0.1) is 21.4 Å². The zero-order valence-corrected chi connectivity index (χ0v) is 20.3. The summed E-state index contributed by atoms with van der Waals surface area (Å²) in [5, 5.41) is 16.5. The fraction of sp³-hybridized carbons (Fsp3) is 0.417. The molecular formula is C24H28N4O5S. The number of carbonyl (C=O) groups excluding carboxylic acids is 1. The van der Waals surface area contributed by atoms with E-state index in [-0.39, 0.29) is 27.9 Å². The summed E-state index contributed by atoms with van der Waals surface area (Å²) >= 11 is 0. The molecule has 1 heterocycles. The van der Waals surface area contributed by atoms with Crippen molar-refractivity contribution < 1.29 is 18.1 Å². The van der Waals surface area contributed by atoms with Crippen LogP contribution in [-0.2, 0) is 10.0 Å². The molecule has 2 aromatic carbocycles. The van der Waals surface area contributed by atoms with Crippen molar-refractivity contribution in [3.05, 3.63) is 63.8 Å². The zero-order chi connectivity index (χ0) is 24.7. The number of rotatable bonds is 6. The number of ketones is 1. The van der Waals surface area contributed by atoms with Gasteiger partial charge < -0.3 is 0 Å². The van der Waals surface area contributed by atoms with Crippen LogP contribution in [0.3, 0.4) is 0 Å². The van der Waals surface area contributed by atoms with Gasteiger partial charge in [-0.05, 0) is 51.8 Å². The zero-order valence-electron chi connectivity index (χ0n) is 19.4. The van der Waals surface area contributed by atoms with Crippen molar-refractivity contribution in [1.82, 2.24) is 14.5 Å². The summed E-state index contributed by atoms with van der Waals surface area (Å²) in [4.78, 5) is 24.4. The molecule has 9 nitrogen and oxygen atoms in total. The highest BCUT2D eigenvalue weighted by Crippen LogP contribution is 2.34. The Balaban J connectivity index is 1.80. The summed E-state index contributed by atoms with van der Waals surface area (Å²) in [5.74, 6) is -0.429. The normalized spacial score (nSPS) is 15.5. The quantitative estimate of drug-likeness (QED) is 0.306. The summed E-state index contributed by atoms with van der Waals surface area (Å²) < 4.78 is 29.9. The molecule has 0 saturated heterocycles. The molecule has 1 N–H and O–H groups in total. The van der Waals surface area contributed by atoms with Crippen LogP contribution in [0, 0.1) is 10.1 Å². The number of benzene rings is 2. The molecule has 10 heteroatoms. The maximum atomic E-state index is 13.5. The number of nitro groups is 1. The molecular weight excluding hydrogens is 456 g/mol. The molecule has 0 unspecified atom stereocenters. The van der Waals surface area contributed by atoms with Crippen LogP contribution in [0.4, 0.5) is 5.69 Å². The number of carbonyl (C=O) groups is 1. The molecule has 1 aliphatic rings. The summed E-state index contributed by atoms with van der Waals surface area (Å²) in [6.07, 6.45) is 4.97. The Kier molecular flexibility index (Phi) is 6.30. The first-order valence-corrected chi connectivity index (χ1v) is 12.8. The molecule has 3 aromatic rings. The first kappa shape index (κ1) is 24.0. The van der Waals surface area contributed by atoms with Gasteiger partial charge in [0.25, 0.3) is 5.69 Å². The maximum absolute atomic E-state index is 13.5. The van der Waals surface area contributed by atoms with Crippen molar-refractivity contribution in [2.75, 3.05) is 0 Å². The Morgan fingerprint density at radius 3 is 2.47 bits per heavy atom. The van der Waals surface area contributed by atoms with Crippen molar-refractivity contribution in [3.8, 4) is 0 Å². The van der Waals surface area contributed by atoms with Gasteiger partial charge in [-0.1, -0.05) is 31.4 Å². The number of hydrogen-bond acceptors (Lipinski definition) is 6. The molecule has 1 fully saturated rings. The van der Waals surface area contributed by atoms with E-state index in [0.29, 0.717) is 10.9 Å². The molecule has 0 aliphatic heterocycles. The van der Waals surface area contributed by atoms with Crippen molar-refractivity contribution in [3.63, 3.8) is 0 Å². The highest BCUT2D eigenvalue weighted by Gasteiger charge is 2.27. The predicted octanol–water partition coefficient (Wildman–Crippen LogP) is 4.76. The standard InChI is InChI=1S/C24H28N4O5S/c1-24(2,3)26-34(32,33)19-11-7-8-16(14-19)23(29)22-20-13-12-18(28(30)31)15-21(20)27(25-22)17-9-5-4-6-10-17/h7-8,11-15,17,26H,4-6,9-10H2,1-3H3. The third-order valence-electron chi connectivity index (χ3n) is 5.88. The van der Waals surface area contributed by atoms with Crippen LogP contribution in [-0.4, -0.2) is 34.4 Å². The molecule has 0 radical (unpaired) electrons. The number of sulfonamides is 1. The summed E-state index contributed by atoms with van der Waals surface area (Å²) in [7, 11) is -3.83. The Labute approximate surface area is 198 Å². The van der Waals surface area contributed by atoms with Crippen molar-refractivity contribution in [1.29, 1.82) is 0 Å². The maximum Gasteiger partial charge on any atom is 0.271 e. The van der Waals surface area contributed by atoms with Crippen LogP contribution in [0.1, 0.15) is 75.0 Å². The molecule has 4 rings (SSSR count). The van der Waals surface area contributed by atoms with Crippen molar-refractivity contribution in [2.24, 2.45) is 0 Å². The second-order valence-electron chi connectivity index (χ2n) is 9.76. The third-order valence-corrected chi connectivity index (χ3v) is 7.64. The van der Waals surface area contributed by atoms with Gasteiger partial charge >= 0.3 is 0 Å². The average Bonchev–Trinajstić information content (AvgIpc) is 3.16. The van der Waals surface area contributed by atoms with E-state index in [1.165, 1.54) is 30.3 Å². The minimum Gasteiger partial charge on any atom is -0.287 e. The number of aromatic nitrogens is 2. The van der Waals surface area contributed by atoms with E-state index in [0.717, 1.165) is 32.1 Å². The van der Waals surface area contributed by atoms with Crippen molar-refractivity contribution >= 4 is 32.4 Å². The molecule has 0 amide bonds. The molecule has 34 heavy (non-hydrogen) atoms. The smallest absolute Gasteiger partial charge is 0.271 e. The lowest BCUT2D eigenvalue weighted by Gasteiger charge is -2.22. The number of fused-ring (bicyclic) bond motifs is 1. The first-order chi connectivity index (χ1) is 16.0. The minimum atomic E-state index is -3.83. The molecule has 0 spiro atoms. The van der Waals surface area contributed by atoms with E-state index in [1.807, 2.05) is 0 Å². The topological polar surface area (TPSA) is 124 Å². The number of nitro benzene ring substituents is 1. The molecule has 1 saturated carbocycles. The second kappa shape index (κ2) is 8.92. The molecule has 1 aromatic heterocycles. The van der Waals surface area contributed by atoms with E-state index in [4.69, 9.17) is 0 Å². The lowest BCUT2D eigenvalue weighted by molar-refractivity contribution is -0.384. The first-order valence-electron chi connectivity index (χ1n) is 11.3. The van der Waals surface area contributed by atoms with Crippen LogP contribution in [0.2, 0.25) is 0 Å². The Morgan fingerprint density at radius 2 is 1.82 bits per heavy atom. The van der Waals surface area contributed by atoms with Gasteiger partial charge in [0, 0.05) is 28.6 Å². The van der Waals surface area contributed by atoms with E-state index < -0.39 is 26.3 Å². The van der Waals surface area contributed by atoms with Gasteiger partial charge in [0.1, 0.15) is 5.69 Å². The highest BCUT2D eigenvalue weighted by atomic mass is 32.2. The van der Waals surface area contributed by atoms with Gasteiger partial charge in [0.2, 0.25) is 15.8 Å². The lowest BCUT2D eigenvalue weighted by atomic mass is 9.95. The van der Waals surface area contributed by atoms with Crippen LogP contribution in [0.5, 0.6) is 0 Å². The fourth-order valence-corrected chi connectivity index (χ4v) is 5.88. The van der Waals surface area contributed by atoms with E-state index in [1.54, 1.807) is 37.6 Å². The van der Waals surface area contributed by atoms with Gasteiger partial charge in [-0.25, -0.2) is 13.1 Å². The van der Waals surface area contributed by atoms with E-state index in [9.17, 15) is 23.3 Å². The lowest BCUT2D eigenvalue weighted by Crippen LogP contribution is -2.40. The molecule has 180 valence electrons. The molecule has 0 atom stereocenters. The summed E-state index contributed by atoms with van der Waals surface area (Å²) in [5.41, 5.74) is 0.147. The monoisotopic (exact) mass is 484 g/mol. The fourth-order valence-electron chi connectivity index (χ4n) is 4.41. The largest absolute Gasteiger partial charge is 0.287 e. The minimum absolute atomic E-state index is 0.0140. The van der Waals surface area contributed by atoms with E-state index in [2.05, 4.69) is 9.82 Å². The predicted molar refractivity (Wildman–Crippen MR) is 128 cm³/mol. The molecule has 1 aliphatic carbocycles. The van der Waals surface area contributed by atoms with Crippen LogP contribution in [0.15, 0.2) is 47.4 Å². The van der Waals surface area contributed by atoms with Crippen LogP contribution >= 0.6 is 0 Å². The molecule has 0 bridgehead atoms. The average molecular weight is 485 g/mol. The number of non-ortho nitro benzene ring substituents is 1. The Morgan fingerprint density at radius 1 is 1.12 bits per heavy atom. The van der Waals surface area contributed by atoms with Crippen molar-refractivity contribution in [2.45, 2.75) is 69.4 Å². The third kappa shape index (κ3) is 4.88. The van der Waals surface area contributed by atoms with Crippen LogP contribution < -0.4 is 4.72 Å². The number of nitrogens with one attached hydrogen (secondary N) is 1. The summed E-state index contributed by atoms with van der Waals surface area (Å²) in [6, 6.07) is 10.3. The number of hydrogen-bond donors (Lipinski definition) is 1. The van der Waals surface area contributed by atoms with Gasteiger partial charge in [-0.2, -0.15) is 5.10 Å². The van der Waals surface area contributed by atoms with Crippen LogP contribution in [0.25, 0.3) is 10.9 Å². The SMILES string of the molecule is CC(C)(C)NS(=O)(=O)c1cccc(C(=O)c2nn(C3CCCCC3)c3cc([N+](=O)[O-])ccc23)c1. The highest BCUT2D eigenvalue weighted by molar-refractivity contribution is 7.89. The number of nitrogens with zero attached hydrogens (tertiary/aromatic N) is 3. The van der Waals surface area contributed by atoms with Gasteiger partial charge in [-0.3, -0.25) is 19.6 Å². The Bertz CT molecular complexity index is 1370. The van der Waals surface area contributed by atoms with E-state index >= 15 is 0 Å². The second-order valence-corrected chi connectivity index (χ2v) is 11.4. The Hall–Kier alpha value is -3.11. The summed E-state index contributed by atoms with van der Waals surface area (Å²) in [6.45, 7) is 5.22. The van der Waals surface area contributed by atoms with Gasteiger partial charge in [-0.15, -0.1) is 0 Å². The van der Waals surface area contributed by atoms with Gasteiger partial charge in [0.15, 0.2) is 0 Å².